The van der Waals surface area contributed by atoms with Crippen LogP contribution in [0.3, 0.4) is 0 Å². The van der Waals surface area contributed by atoms with Gasteiger partial charge in [-0.25, -0.2) is 13.8 Å². The number of piperidine rings is 1. The van der Waals surface area contributed by atoms with E-state index in [0.717, 1.165) is 62.9 Å². The van der Waals surface area contributed by atoms with Gasteiger partial charge in [0.1, 0.15) is 22.8 Å². The Labute approximate surface area is 261 Å². The third-order valence-corrected chi connectivity index (χ3v) is 10.1. The van der Waals surface area contributed by atoms with Crippen molar-refractivity contribution < 1.29 is 18.3 Å². The van der Waals surface area contributed by atoms with E-state index in [1.807, 2.05) is 12.1 Å². The first-order valence-corrected chi connectivity index (χ1v) is 16.3. The zero-order chi connectivity index (χ0) is 30.5. The number of rotatable bonds is 6. The molecule has 0 N–H and O–H groups in total. The number of ether oxygens (including phenoxy) is 2. The lowest BCUT2D eigenvalue weighted by Crippen LogP contribution is -2.38. The van der Waals surface area contributed by atoms with Crippen LogP contribution in [-0.2, 0) is 11.2 Å². The van der Waals surface area contributed by atoms with Crippen molar-refractivity contribution in [2.75, 3.05) is 50.9 Å². The van der Waals surface area contributed by atoms with Crippen molar-refractivity contribution in [1.29, 1.82) is 0 Å². The van der Waals surface area contributed by atoms with E-state index in [2.05, 4.69) is 15.7 Å². The van der Waals surface area contributed by atoms with Gasteiger partial charge in [0.15, 0.2) is 5.82 Å². The molecular weight excluding hydrogens is 572 g/mol. The minimum atomic E-state index is -0.582. The molecule has 4 aromatic rings. The predicted molar refractivity (Wildman–Crippen MR) is 170 cm³/mol. The lowest BCUT2D eigenvalue weighted by atomic mass is 9.95. The molecule has 2 aromatic heterocycles. The summed E-state index contributed by atoms with van der Waals surface area (Å²) in [4.78, 5) is 19.4. The predicted octanol–water partition coefficient (Wildman–Crippen LogP) is 6.29. The van der Waals surface area contributed by atoms with Crippen LogP contribution >= 0.6 is 0 Å². The molecule has 4 aliphatic rings. The number of pyridine rings is 1. The van der Waals surface area contributed by atoms with Gasteiger partial charge in [-0.1, -0.05) is 36.6 Å². The van der Waals surface area contributed by atoms with Crippen LogP contribution in [-0.4, -0.2) is 71.9 Å². The lowest BCUT2D eigenvalue weighted by Gasteiger charge is -2.31. The molecule has 0 radical (unpaired) electrons. The van der Waals surface area contributed by atoms with Crippen LogP contribution in [0.1, 0.15) is 56.2 Å². The molecule has 1 aliphatic carbocycles. The Kier molecular flexibility index (Phi) is 7.30. The molecule has 2 aromatic carbocycles. The summed E-state index contributed by atoms with van der Waals surface area (Å²) < 4.78 is 44.2. The van der Waals surface area contributed by atoms with Crippen LogP contribution in [0, 0.1) is 29.4 Å². The Bertz CT molecular complexity index is 1830. The van der Waals surface area contributed by atoms with Crippen LogP contribution in [0.5, 0.6) is 6.01 Å². The standard InChI is InChI=1S/C36H37F2N5O2/c1-2-25-27(37)12-10-23-8-6-9-26(29(23)25)32-31(38)33-30-28(39-32)13-11-24-20-44-19-7-18-43(24)34(30)41-35(40-33)45-22-36(14-15-36)21-42-16-4-3-5-17-42/h1,6,8-10,12,24H,3-5,7,11,13-22H2/t24-/m0/s1. The summed E-state index contributed by atoms with van der Waals surface area (Å²) in [6, 6.07) is 8.68. The maximum Gasteiger partial charge on any atom is 0.319 e. The second-order valence-corrected chi connectivity index (χ2v) is 13.2. The summed E-state index contributed by atoms with van der Waals surface area (Å²) in [6.07, 6.45) is 14.0. The van der Waals surface area contributed by atoms with E-state index in [4.69, 9.17) is 30.8 Å². The number of aromatic nitrogens is 3. The van der Waals surface area contributed by atoms with Gasteiger partial charge in [0.25, 0.3) is 0 Å². The number of terminal acetylenes is 1. The van der Waals surface area contributed by atoms with E-state index in [0.29, 0.717) is 48.4 Å². The average molecular weight is 610 g/mol. The van der Waals surface area contributed by atoms with Crippen molar-refractivity contribution in [3.8, 4) is 29.6 Å². The minimum Gasteiger partial charge on any atom is -0.463 e. The quantitative estimate of drug-likeness (QED) is 0.238. The third-order valence-electron chi connectivity index (χ3n) is 10.1. The van der Waals surface area contributed by atoms with Gasteiger partial charge in [0, 0.05) is 36.1 Å². The fourth-order valence-corrected chi connectivity index (χ4v) is 7.51. The number of benzene rings is 2. The molecule has 1 saturated carbocycles. The number of anilines is 1. The highest BCUT2D eigenvalue weighted by Crippen LogP contribution is 2.47. The number of halogens is 2. The van der Waals surface area contributed by atoms with Gasteiger partial charge in [-0.2, -0.15) is 9.97 Å². The van der Waals surface area contributed by atoms with Crippen LogP contribution in [0.4, 0.5) is 14.6 Å². The Hall–Kier alpha value is -3.87. The van der Waals surface area contributed by atoms with Gasteiger partial charge in [0.05, 0.1) is 35.9 Å². The smallest absolute Gasteiger partial charge is 0.319 e. The van der Waals surface area contributed by atoms with Crippen LogP contribution in [0.15, 0.2) is 30.3 Å². The van der Waals surface area contributed by atoms with Gasteiger partial charge in [0.2, 0.25) is 0 Å². The van der Waals surface area contributed by atoms with E-state index in [1.54, 1.807) is 12.1 Å². The van der Waals surface area contributed by atoms with Crippen molar-refractivity contribution >= 4 is 27.5 Å². The molecular formula is C36H37F2N5O2. The molecule has 0 unspecified atom stereocenters. The van der Waals surface area contributed by atoms with E-state index in [9.17, 15) is 4.39 Å². The van der Waals surface area contributed by atoms with E-state index in [1.165, 1.54) is 25.3 Å². The zero-order valence-electron chi connectivity index (χ0n) is 25.5. The van der Waals surface area contributed by atoms with Crippen molar-refractivity contribution in [3.63, 3.8) is 0 Å². The third kappa shape index (κ3) is 5.18. The van der Waals surface area contributed by atoms with Gasteiger partial charge in [-0.15, -0.1) is 6.42 Å². The number of fused-ring (bicyclic) bond motifs is 3. The van der Waals surface area contributed by atoms with Crippen molar-refractivity contribution in [1.82, 2.24) is 19.9 Å². The molecule has 232 valence electrons. The molecule has 9 heteroatoms. The summed E-state index contributed by atoms with van der Waals surface area (Å²) in [5, 5.41) is 1.80. The zero-order valence-corrected chi connectivity index (χ0v) is 25.5. The van der Waals surface area contributed by atoms with Crippen LogP contribution in [0.25, 0.3) is 32.9 Å². The first-order chi connectivity index (χ1) is 22.0. The van der Waals surface area contributed by atoms with Gasteiger partial charge >= 0.3 is 6.01 Å². The highest BCUT2D eigenvalue weighted by molar-refractivity contribution is 6.02. The van der Waals surface area contributed by atoms with Gasteiger partial charge < -0.3 is 19.3 Å². The number of hydrogen-bond donors (Lipinski definition) is 0. The highest BCUT2D eigenvalue weighted by atomic mass is 19.1. The summed E-state index contributed by atoms with van der Waals surface area (Å²) in [5.74, 6) is 2.03. The fraction of sp³-hybridized carbons (Fsp3) is 0.472. The molecule has 8 rings (SSSR count). The Morgan fingerprint density at radius 2 is 1.87 bits per heavy atom. The maximum absolute atomic E-state index is 16.9. The van der Waals surface area contributed by atoms with E-state index < -0.39 is 11.6 Å². The van der Waals surface area contributed by atoms with Gasteiger partial charge in [-0.3, -0.25) is 0 Å². The molecule has 0 amide bonds. The minimum absolute atomic E-state index is 0.0766. The van der Waals surface area contributed by atoms with Crippen molar-refractivity contribution in [3.05, 3.63) is 53.2 Å². The molecule has 0 spiro atoms. The van der Waals surface area contributed by atoms with Crippen molar-refractivity contribution in [2.24, 2.45) is 5.41 Å². The summed E-state index contributed by atoms with van der Waals surface area (Å²) in [7, 11) is 0. The topological polar surface area (TPSA) is 63.6 Å². The average Bonchev–Trinajstić information content (AvgIpc) is 3.88. The second-order valence-electron chi connectivity index (χ2n) is 13.2. The number of hydrogen-bond acceptors (Lipinski definition) is 7. The summed E-state index contributed by atoms with van der Waals surface area (Å²) in [6.45, 7) is 5.78. The number of aryl methyl sites for hydroxylation is 1. The SMILES string of the molecule is C#Cc1c(F)ccc2cccc(-c3nc4c5c(nc(OCC6(CN7CCCCC7)CC6)nc5c3F)N3CCCOC[C@@H]3CC4)c12. The second kappa shape index (κ2) is 11.5. The molecule has 3 fully saturated rings. The normalized spacial score (nSPS) is 21.2. The Morgan fingerprint density at radius 1 is 1.00 bits per heavy atom. The monoisotopic (exact) mass is 609 g/mol. The Morgan fingerprint density at radius 3 is 2.69 bits per heavy atom. The van der Waals surface area contributed by atoms with E-state index in [-0.39, 0.29) is 34.2 Å². The van der Waals surface area contributed by atoms with Crippen molar-refractivity contribution in [2.45, 2.75) is 57.4 Å². The largest absolute Gasteiger partial charge is 0.463 e. The molecule has 0 bridgehead atoms. The molecule has 7 nitrogen and oxygen atoms in total. The molecule has 3 aliphatic heterocycles. The Balaban J connectivity index is 1.26. The lowest BCUT2D eigenvalue weighted by molar-refractivity contribution is 0.132. The molecule has 45 heavy (non-hydrogen) atoms. The molecule has 2 saturated heterocycles. The first kappa shape index (κ1) is 28.6. The summed E-state index contributed by atoms with van der Waals surface area (Å²) in [5.41, 5.74) is 1.63. The van der Waals surface area contributed by atoms with Gasteiger partial charge in [-0.05, 0) is 69.5 Å². The highest BCUT2D eigenvalue weighted by Gasteiger charge is 2.45. The van der Waals surface area contributed by atoms with E-state index >= 15 is 4.39 Å². The first-order valence-electron chi connectivity index (χ1n) is 16.3. The number of nitrogens with zero attached hydrogens (tertiary/aromatic N) is 5. The summed E-state index contributed by atoms with van der Waals surface area (Å²) >= 11 is 0. The molecule has 5 heterocycles. The fourth-order valence-electron chi connectivity index (χ4n) is 7.51. The van der Waals surface area contributed by atoms with Crippen LogP contribution < -0.4 is 9.64 Å². The molecule has 1 atom stereocenters. The number of likely N-dealkylation sites (tertiary alicyclic amines) is 1. The van der Waals surface area contributed by atoms with Crippen LogP contribution in [0.2, 0.25) is 0 Å². The maximum atomic E-state index is 16.9.